The molecule has 4 aromatic rings. The monoisotopic (exact) mass is 785 g/mol. The van der Waals surface area contributed by atoms with Crippen LogP contribution in [0.5, 0.6) is 5.75 Å². The lowest BCUT2D eigenvalue weighted by molar-refractivity contribution is -0.137. The average Bonchev–Trinajstić information content (AvgIpc) is 3.34. The summed E-state index contributed by atoms with van der Waals surface area (Å²) < 4.78 is 58.1. The minimum atomic E-state index is -4.78. The Hall–Kier alpha value is -6.02. The van der Waals surface area contributed by atoms with Gasteiger partial charge in [-0.05, 0) is 99.2 Å². The van der Waals surface area contributed by atoms with Crippen molar-refractivity contribution in [2.75, 3.05) is 59.6 Å². The molecule has 1 saturated heterocycles. The van der Waals surface area contributed by atoms with Crippen molar-refractivity contribution in [2.24, 2.45) is 0 Å². The number of ether oxygens (including phenoxy) is 3. The number of rotatable bonds is 14. The van der Waals surface area contributed by atoms with Gasteiger partial charge in [0.15, 0.2) is 5.11 Å². The van der Waals surface area contributed by atoms with Crippen LogP contribution < -0.4 is 30.1 Å². The van der Waals surface area contributed by atoms with E-state index in [0.29, 0.717) is 62.4 Å². The van der Waals surface area contributed by atoms with Crippen molar-refractivity contribution >= 4 is 62.9 Å². The number of nitrogens with one attached hydrogen (secondary N) is 2. The molecule has 12 nitrogen and oxygen atoms in total. The molecule has 0 radical (unpaired) electrons. The predicted octanol–water partition coefficient (Wildman–Crippen LogP) is 7.43. The highest BCUT2D eigenvalue weighted by Crippen LogP contribution is 2.40. The Labute approximate surface area is 326 Å². The number of hydrogen-bond acceptors (Lipinski definition) is 9. The number of urea groups is 1. The number of alkyl halides is 3. The fourth-order valence-corrected chi connectivity index (χ4v) is 6.81. The molecule has 290 valence electrons. The van der Waals surface area contributed by atoms with E-state index in [2.05, 4.69) is 22.2 Å². The zero-order valence-electron chi connectivity index (χ0n) is 30.8. The number of carbonyl (C=O) groups excluding carboxylic acids is 2. The van der Waals surface area contributed by atoms with Gasteiger partial charge in [-0.25, -0.2) is 4.79 Å². The molecule has 1 aromatic heterocycles. The topological polar surface area (TPSA) is 132 Å². The number of allylic oxidation sites excluding steroid dienone is 1. The van der Waals surface area contributed by atoms with Crippen molar-refractivity contribution in [1.82, 2.24) is 10.3 Å². The number of hydrogen-bond donors (Lipinski definition) is 2. The van der Waals surface area contributed by atoms with E-state index in [1.54, 1.807) is 55.4 Å². The molecule has 3 heterocycles. The van der Waals surface area contributed by atoms with Gasteiger partial charge in [-0.2, -0.15) is 18.4 Å². The summed E-state index contributed by atoms with van der Waals surface area (Å²) in [6, 6.07) is 17.1. The van der Waals surface area contributed by atoms with Crippen LogP contribution in [0.4, 0.5) is 40.7 Å². The molecule has 56 heavy (non-hydrogen) atoms. The van der Waals surface area contributed by atoms with Crippen molar-refractivity contribution in [3.8, 4) is 11.8 Å². The van der Waals surface area contributed by atoms with Gasteiger partial charge in [0.25, 0.3) is 5.91 Å². The first kappa shape index (κ1) is 39.7. The molecule has 0 saturated carbocycles. The number of aromatic nitrogens is 1. The molecule has 0 bridgehead atoms. The molecule has 1 fully saturated rings. The second-order valence-corrected chi connectivity index (χ2v) is 13.7. The summed E-state index contributed by atoms with van der Waals surface area (Å²) in [5.41, 5.74) is 1.28. The van der Waals surface area contributed by atoms with Crippen molar-refractivity contribution in [3.05, 3.63) is 108 Å². The largest absolute Gasteiger partial charge is 0.491 e. The van der Waals surface area contributed by atoms with Gasteiger partial charge in [0.1, 0.15) is 17.9 Å². The number of pyridine rings is 1. The lowest BCUT2D eigenvalue weighted by Gasteiger charge is -2.29. The third-order valence-corrected chi connectivity index (χ3v) is 9.54. The molecule has 0 unspecified atom stereocenters. The number of halogens is 3. The highest BCUT2D eigenvalue weighted by atomic mass is 32.1. The summed E-state index contributed by atoms with van der Waals surface area (Å²) in [7, 11) is 0. The smallest absolute Gasteiger partial charge is 0.417 e. The number of anilines is 4. The Balaban J connectivity index is 0.910. The highest BCUT2D eigenvalue weighted by molar-refractivity contribution is 7.81. The third-order valence-electron chi connectivity index (χ3n) is 9.18. The summed E-state index contributed by atoms with van der Waals surface area (Å²) in [6.07, 6.45) is 0.262. The minimum Gasteiger partial charge on any atom is -0.491 e. The normalized spacial score (nSPS) is 15.4. The van der Waals surface area contributed by atoms with Gasteiger partial charge in [-0.15, -0.1) is 0 Å². The van der Waals surface area contributed by atoms with E-state index >= 15 is 0 Å². The lowest BCUT2D eigenvalue weighted by atomic mass is 10.0. The predicted molar refractivity (Wildman–Crippen MR) is 211 cm³/mol. The number of aryl methyl sites for hydroxylation is 1. The molecule has 3 aromatic carbocycles. The van der Waals surface area contributed by atoms with Crippen LogP contribution >= 0.6 is 12.2 Å². The lowest BCUT2D eigenvalue weighted by Crippen LogP contribution is -2.44. The molecule has 0 aliphatic carbocycles. The van der Waals surface area contributed by atoms with Crippen molar-refractivity contribution in [1.29, 1.82) is 5.26 Å². The van der Waals surface area contributed by atoms with Crippen LogP contribution in [0.25, 0.3) is 10.9 Å². The molecule has 2 aliphatic heterocycles. The van der Waals surface area contributed by atoms with Crippen LogP contribution in [0, 0.1) is 18.3 Å². The molecule has 6 rings (SSSR count). The molecule has 16 heteroatoms. The van der Waals surface area contributed by atoms with E-state index < -0.39 is 28.7 Å². The van der Waals surface area contributed by atoms with Crippen LogP contribution in [0.15, 0.2) is 91.4 Å². The standard InChI is InChI=1S/C40H38F3N7O5S/c1-25-13-15-48(37(52)47-25)35-24-46-34-22-31(11-12-32(34)26(35)2)55-20-19-54-18-17-53-16-14-45-28-6-9-29(10-7-28)50-38(56)49(36(51)39(50,3)4)30-8-5-27(23-44)33(21-30)40(41,42)43/h5-13,15,21-22,24,45H,1,14,16-20H2,2-4H3,(H,47,52). The SMILES string of the molecule is C=C1C=CN(c2cnc3cc(OCCOCCOCCNc4ccc(N5C(=S)N(c6ccc(C#N)c(C(F)(F)F)c6)C(=O)C5(C)C)cc4)ccc3c2C)C(=O)N1. The van der Waals surface area contributed by atoms with E-state index in [9.17, 15) is 22.8 Å². The molecular formula is C40H38F3N7O5S. The Morgan fingerprint density at radius 2 is 1.68 bits per heavy atom. The van der Waals surface area contributed by atoms with Crippen LogP contribution in [0.1, 0.15) is 30.5 Å². The van der Waals surface area contributed by atoms with Crippen molar-refractivity contribution < 1.29 is 37.0 Å². The molecule has 0 atom stereocenters. The minimum absolute atomic E-state index is 0.0213. The molecule has 2 N–H and O–H groups in total. The second kappa shape index (κ2) is 16.4. The number of fused-ring (bicyclic) bond motifs is 1. The van der Waals surface area contributed by atoms with Gasteiger partial charge in [0, 0.05) is 41.3 Å². The maximum absolute atomic E-state index is 13.6. The van der Waals surface area contributed by atoms with Gasteiger partial charge in [0.05, 0.1) is 66.7 Å². The molecule has 0 spiro atoms. The summed E-state index contributed by atoms with van der Waals surface area (Å²) in [6.45, 7) is 11.4. The maximum Gasteiger partial charge on any atom is 0.417 e. The van der Waals surface area contributed by atoms with Gasteiger partial charge < -0.3 is 29.7 Å². The molecule has 2 aliphatic rings. The first-order valence-corrected chi connectivity index (χ1v) is 17.9. The molecular weight excluding hydrogens is 748 g/mol. The number of nitrogens with zero attached hydrogens (tertiary/aromatic N) is 5. The van der Waals surface area contributed by atoms with E-state index in [4.69, 9.17) is 31.7 Å². The van der Waals surface area contributed by atoms with Crippen molar-refractivity contribution in [3.63, 3.8) is 0 Å². The van der Waals surface area contributed by atoms with Crippen molar-refractivity contribution in [2.45, 2.75) is 32.5 Å². The summed E-state index contributed by atoms with van der Waals surface area (Å²) in [5, 5.41) is 16.0. The summed E-state index contributed by atoms with van der Waals surface area (Å²) in [4.78, 5) is 34.6. The number of nitriles is 1. The number of carbonyl (C=O) groups is 2. The van der Waals surface area contributed by atoms with E-state index in [0.717, 1.165) is 39.2 Å². The zero-order valence-corrected chi connectivity index (χ0v) is 31.6. The zero-order chi connectivity index (χ0) is 40.2. The van der Waals surface area contributed by atoms with Crippen LogP contribution in [0.2, 0.25) is 0 Å². The van der Waals surface area contributed by atoms with Gasteiger partial charge in [-0.3, -0.25) is 19.6 Å². The van der Waals surface area contributed by atoms with E-state index in [-0.39, 0.29) is 16.8 Å². The second-order valence-electron chi connectivity index (χ2n) is 13.3. The maximum atomic E-state index is 13.6. The molecule has 3 amide bonds. The number of amides is 3. The number of thiocarbonyl (C=S) groups is 1. The fraction of sp³-hybridized carbons (Fsp3) is 0.275. The summed E-state index contributed by atoms with van der Waals surface area (Å²) >= 11 is 5.61. The third kappa shape index (κ3) is 8.30. The highest BCUT2D eigenvalue weighted by Gasteiger charge is 2.50. The average molecular weight is 786 g/mol. The van der Waals surface area contributed by atoms with E-state index in [1.807, 2.05) is 37.3 Å². The van der Waals surface area contributed by atoms with Gasteiger partial charge in [-0.1, -0.05) is 6.58 Å². The Bertz CT molecular complexity index is 2260. The first-order valence-electron chi connectivity index (χ1n) is 17.5. The fourth-order valence-electron chi connectivity index (χ4n) is 6.29. The summed E-state index contributed by atoms with van der Waals surface area (Å²) in [5.74, 6) is 0.150. The van der Waals surface area contributed by atoms with Gasteiger partial charge in [0.2, 0.25) is 0 Å². The Kier molecular flexibility index (Phi) is 11.6. The van der Waals surface area contributed by atoms with Crippen LogP contribution in [-0.4, -0.2) is 67.2 Å². The quantitative estimate of drug-likeness (QED) is 0.0983. The number of benzene rings is 3. The first-order chi connectivity index (χ1) is 26.7. The Morgan fingerprint density at radius 3 is 2.38 bits per heavy atom. The van der Waals surface area contributed by atoms with E-state index in [1.165, 1.54) is 11.0 Å². The Morgan fingerprint density at radius 1 is 0.982 bits per heavy atom. The van der Waals surface area contributed by atoms with Crippen LogP contribution in [-0.2, 0) is 20.4 Å². The van der Waals surface area contributed by atoms with Crippen LogP contribution in [0.3, 0.4) is 0 Å². The van der Waals surface area contributed by atoms with Gasteiger partial charge >= 0.3 is 12.2 Å².